The van der Waals surface area contributed by atoms with Gasteiger partial charge in [-0.2, -0.15) is 0 Å². The summed E-state index contributed by atoms with van der Waals surface area (Å²) in [6.07, 6.45) is 7.90. The Hall–Kier alpha value is -2.51. The van der Waals surface area contributed by atoms with Crippen LogP contribution in [-0.2, 0) is 4.79 Å². The second-order valence-corrected chi connectivity index (χ2v) is 10.4. The predicted molar refractivity (Wildman–Crippen MR) is 128 cm³/mol. The molecule has 0 radical (unpaired) electrons. The average Bonchev–Trinajstić information content (AvgIpc) is 3.08. The summed E-state index contributed by atoms with van der Waals surface area (Å²) in [5, 5.41) is 11.8. The molecule has 1 aromatic rings. The lowest BCUT2D eigenvalue weighted by Gasteiger charge is -2.53. The maximum absolute atomic E-state index is 12.2. The monoisotopic (exact) mass is 446 g/mol. The lowest BCUT2D eigenvalue weighted by Crippen LogP contribution is -2.51. The molecule has 4 heteroatoms. The van der Waals surface area contributed by atoms with Crippen LogP contribution in [0.4, 0.5) is 0 Å². The summed E-state index contributed by atoms with van der Waals surface area (Å²) in [6.45, 7) is 4.09. The number of hydrogen-bond donors (Lipinski definition) is 1. The van der Waals surface area contributed by atoms with Gasteiger partial charge in [0.05, 0.1) is 14.2 Å². The molecule has 4 nitrogen and oxygen atoms in total. The molecule has 33 heavy (non-hydrogen) atoms. The van der Waals surface area contributed by atoms with Crippen molar-refractivity contribution in [2.24, 2.45) is 17.3 Å². The molecule has 0 aliphatic heterocycles. The van der Waals surface area contributed by atoms with Gasteiger partial charge in [0.1, 0.15) is 5.60 Å². The Kier molecular flexibility index (Phi) is 5.45. The van der Waals surface area contributed by atoms with Gasteiger partial charge >= 0.3 is 0 Å². The third-order valence-corrected chi connectivity index (χ3v) is 9.03. The fourth-order valence-electron chi connectivity index (χ4n) is 7.45. The highest BCUT2D eigenvalue weighted by Crippen LogP contribution is 2.66. The Balaban J connectivity index is 1.70. The van der Waals surface area contributed by atoms with Crippen LogP contribution in [0.5, 0.6) is 11.5 Å². The highest BCUT2D eigenvalue weighted by atomic mass is 16.5. The predicted octanol–water partition coefficient (Wildman–Crippen LogP) is 5.36. The molecule has 0 saturated heterocycles. The van der Waals surface area contributed by atoms with E-state index in [0.29, 0.717) is 18.3 Å². The molecule has 1 aromatic carbocycles. The molecule has 2 saturated carbocycles. The van der Waals surface area contributed by atoms with Gasteiger partial charge in [0.2, 0.25) is 0 Å². The maximum Gasteiger partial charge on any atom is 0.161 e. The van der Waals surface area contributed by atoms with Gasteiger partial charge in [-0.25, -0.2) is 0 Å². The summed E-state index contributed by atoms with van der Waals surface area (Å²) >= 11 is 0. The first-order valence-electron chi connectivity index (χ1n) is 12.2. The Labute approximate surface area is 197 Å². The Morgan fingerprint density at radius 2 is 1.88 bits per heavy atom. The number of aliphatic hydroxyl groups is 1. The molecule has 4 aliphatic rings. The second kappa shape index (κ2) is 8.06. The molecule has 4 aliphatic carbocycles. The molecular formula is C29H34O4. The zero-order valence-electron chi connectivity index (χ0n) is 20.2. The molecule has 2 fully saturated rings. The zero-order chi connectivity index (χ0) is 23.4. The van der Waals surface area contributed by atoms with Crippen molar-refractivity contribution in [2.75, 3.05) is 14.2 Å². The molecular weight excluding hydrogens is 412 g/mol. The van der Waals surface area contributed by atoms with Gasteiger partial charge in [-0.1, -0.05) is 24.5 Å². The van der Waals surface area contributed by atoms with Crippen molar-refractivity contribution in [3.05, 3.63) is 46.6 Å². The largest absolute Gasteiger partial charge is 0.493 e. The van der Waals surface area contributed by atoms with E-state index in [1.165, 1.54) is 22.3 Å². The molecule has 1 N–H and O–H groups in total. The van der Waals surface area contributed by atoms with Crippen LogP contribution < -0.4 is 9.47 Å². The Bertz CT molecular complexity index is 1120. The van der Waals surface area contributed by atoms with E-state index >= 15 is 0 Å². The molecule has 5 rings (SSSR count). The average molecular weight is 447 g/mol. The number of carbonyl (C=O) groups is 1. The molecule has 0 aromatic heterocycles. The van der Waals surface area contributed by atoms with Crippen LogP contribution in [0, 0.1) is 29.1 Å². The van der Waals surface area contributed by atoms with Crippen LogP contribution in [0.15, 0.2) is 41.0 Å². The van der Waals surface area contributed by atoms with Crippen LogP contribution >= 0.6 is 0 Å². The van der Waals surface area contributed by atoms with Crippen molar-refractivity contribution in [2.45, 2.75) is 70.3 Å². The van der Waals surface area contributed by atoms with Crippen molar-refractivity contribution >= 4 is 5.78 Å². The van der Waals surface area contributed by atoms with Gasteiger partial charge in [-0.3, -0.25) is 4.79 Å². The number of ether oxygens (including phenoxy) is 2. The van der Waals surface area contributed by atoms with Crippen LogP contribution in [-0.4, -0.2) is 30.7 Å². The second-order valence-electron chi connectivity index (χ2n) is 10.4. The number of carbonyl (C=O) groups excluding carboxylic acids is 1. The third-order valence-electron chi connectivity index (χ3n) is 9.03. The molecule has 0 spiro atoms. The molecule has 174 valence electrons. The number of rotatable bonds is 3. The quantitative estimate of drug-likeness (QED) is 0.635. The highest BCUT2D eigenvalue weighted by molar-refractivity contribution is 5.93. The van der Waals surface area contributed by atoms with E-state index in [-0.39, 0.29) is 17.1 Å². The van der Waals surface area contributed by atoms with E-state index in [1.807, 2.05) is 19.1 Å². The minimum Gasteiger partial charge on any atom is -0.493 e. The Morgan fingerprint density at radius 3 is 2.61 bits per heavy atom. The van der Waals surface area contributed by atoms with Crippen molar-refractivity contribution < 1.29 is 19.4 Å². The summed E-state index contributed by atoms with van der Waals surface area (Å²) in [6, 6.07) is 6.23. The van der Waals surface area contributed by atoms with E-state index in [0.717, 1.165) is 50.0 Å². The first-order valence-corrected chi connectivity index (χ1v) is 12.2. The fourth-order valence-corrected chi connectivity index (χ4v) is 7.45. The van der Waals surface area contributed by atoms with E-state index < -0.39 is 5.60 Å². The standard InChI is InChI=1S/C29H34O4/c1-5-13-29(31)14-12-24-22-9-6-18-15-20(30)8-10-21(18)27(22)23(17-28(24,29)2)19-7-11-25(32-3)26(16-19)33-4/h7,11,15-16,22-24,31H,6,8-10,12,14,17H2,1-4H3/t22-,23+,24-,28-,29-/m0/s1. The van der Waals surface area contributed by atoms with Crippen molar-refractivity contribution in [1.29, 1.82) is 0 Å². The van der Waals surface area contributed by atoms with Crippen LogP contribution in [0.3, 0.4) is 0 Å². The van der Waals surface area contributed by atoms with Crippen molar-refractivity contribution in [3.8, 4) is 23.3 Å². The summed E-state index contributed by atoms with van der Waals surface area (Å²) < 4.78 is 11.1. The number of allylic oxidation sites excluding steroid dienone is 4. The Morgan fingerprint density at radius 1 is 1.09 bits per heavy atom. The van der Waals surface area contributed by atoms with Crippen molar-refractivity contribution in [1.82, 2.24) is 0 Å². The lowest BCUT2D eigenvalue weighted by atomic mass is 9.51. The third kappa shape index (κ3) is 3.28. The summed E-state index contributed by atoms with van der Waals surface area (Å²) in [4.78, 5) is 12.2. The first kappa shape index (κ1) is 22.3. The highest BCUT2D eigenvalue weighted by Gasteiger charge is 2.62. The van der Waals surface area contributed by atoms with Gasteiger partial charge in [-0.15, -0.1) is 5.92 Å². The SMILES string of the molecule is CC#C[C@]1(O)CC[C@H]2[C@@H]3CCC4=CC(=O)CCC4=C3[C@@H](c3ccc(OC)c(OC)c3)C[C@@]21C. The maximum atomic E-state index is 12.2. The zero-order valence-corrected chi connectivity index (χ0v) is 20.2. The van der Waals surface area contributed by atoms with Gasteiger partial charge in [-0.05, 0) is 92.2 Å². The van der Waals surface area contributed by atoms with E-state index in [2.05, 4.69) is 30.9 Å². The van der Waals surface area contributed by atoms with Gasteiger partial charge in [0.25, 0.3) is 0 Å². The fraction of sp³-hybridized carbons (Fsp3) is 0.552. The number of methoxy groups -OCH3 is 2. The minimum atomic E-state index is -0.962. The lowest BCUT2D eigenvalue weighted by molar-refractivity contribution is -0.114. The first-order chi connectivity index (χ1) is 15.8. The number of fused-ring (bicyclic) bond motifs is 4. The number of hydrogen-bond acceptors (Lipinski definition) is 4. The van der Waals surface area contributed by atoms with Gasteiger partial charge in [0, 0.05) is 17.8 Å². The van der Waals surface area contributed by atoms with Crippen LogP contribution in [0.1, 0.15) is 70.3 Å². The summed E-state index contributed by atoms with van der Waals surface area (Å²) in [5.41, 5.74) is 4.10. The van der Waals surface area contributed by atoms with E-state index in [1.54, 1.807) is 14.2 Å². The van der Waals surface area contributed by atoms with Gasteiger partial charge < -0.3 is 14.6 Å². The van der Waals surface area contributed by atoms with Crippen molar-refractivity contribution in [3.63, 3.8) is 0 Å². The van der Waals surface area contributed by atoms with Gasteiger partial charge in [0.15, 0.2) is 17.3 Å². The molecule has 0 bridgehead atoms. The summed E-state index contributed by atoms with van der Waals surface area (Å²) in [5.74, 6) is 8.92. The van der Waals surface area contributed by atoms with Crippen LogP contribution in [0.25, 0.3) is 0 Å². The molecule has 5 atom stereocenters. The molecule has 0 amide bonds. The van der Waals surface area contributed by atoms with E-state index in [4.69, 9.17) is 9.47 Å². The molecule has 0 heterocycles. The normalized spacial score (nSPS) is 35.0. The molecule has 0 unspecified atom stereocenters. The number of ketones is 1. The number of benzene rings is 1. The summed E-state index contributed by atoms with van der Waals surface area (Å²) in [7, 11) is 3.33. The van der Waals surface area contributed by atoms with Crippen LogP contribution in [0.2, 0.25) is 0 Å². The smallest absolute Gasteiger partial charge is 0.161 e. The topological polar surface area (TPSA) is 55.8 Å². The minimum absolute atomic E-state index is 0.159. The van der Waals surface area contributed by atoms with E-state index in [9.17, 15) is 9.90 Å².